The average molecular weight is 459 g/mol. The minimum Gasteiger partial charge on any atom is -0.412 e. The Kier molecular flexibility index (Phi) is 9.60. The van der Waals surface area contributed by atoms with Crippen LogP contribution in [-0.2, 0) is 4.74 Å². The molecule has 178 valence electrons. The molecule has 1 amide bonds. The van der Waals surface area contributed by atoms with Crippen LogP contribution in [0.3, 0.4) is 0 Å². The van der Waals surface area contributed by atoms with Crippen LogP contribution in [0.15, 0.2) is 36.4 Å². The molecular formula is C24H31FN4O4. The normalized spacial score (nSPS) is 15.7. The van der Waals surface area contributed by atoms with Crippen LogP contribution in [-0.4, -0.2) is 81.0 Å². The Morgan fingerprint density at radius 2 is 1.67 bits per heavy atom. The van der Waals surface area contributed by atoms with Crippen molar-refractivity contribution < 1.29 is 24.5 Å². The van der Waals surface area contributed by atoms with Gasteiger partial charge in [0.05, 0.1) is 24.3 Å². The average Bonchev–Trinajstić information content (AvgIpc) is 2.85. The standard InChI is InChI=1S/C23H25FN4O2.CH4O.H2O/c1-17-2-5-22(27-10-12-30-13-11-27)20(14-17)23(29)28-8-6-26(7-9-28)19-4-3-18(16-25)21(24)15-19;1-2;/h2-5,14-15H,6-13H2,1H3;2H,1H3;1H2. The van der Waals surface area contributed by atoms with E-state index in [1.165, 1.54) is 12.1 Å². The zero-order valence-electron chi connectivity index (χ0n) is 19.1. The number of carbonyl (C=O) groups is 1. The Bertz CT molecular complexity index is 981. The molecule has 0 radical (unpaired) electrons. The Hall–Kier alpha value is -3.19. The molecule has 2 aromatic rings. The number of nitrogens with zero attached hydrogens (tertiary/aromatic N) is 4. The summed E-state index contributed by atoms with van der Waals surface area (Å²) in [6.07, 6.45) is 0. The first-order valence-electron chi connectivity index (χ1n) is 10.7. The van der Waals surface area contributed by atoms with Crippen molar-refractivity contribution in [2.75, 3.05) is 69.4 Å². The van der Waals surface area contributed by atoms with E-state index in [4.69, 9.17) is 15.1 Å². The summed E-state index contributed by atoms with van der Waals surface area (Å²) in [7, 11) is 1.00. The number of rotatable bonds is 3. The van der Waals surface area contributed by atoms with Crippen LogP contribution in [0.2, 0.25) is 0 Å². The third-order valence-electron chi connectivity index (χ3n) is 5.74. The summed E-state index contributed by atoms with van der Waals surface area (Å²) in [4.78, 5) is 19.5. The largest absolute Gasteiger partial charge is 0.412 e. The first-order chi connectivity index (χ1) is 15.6. The number of nitriles is 1. The van der Waals surface area contributed by atoms with Crippen LogP contribution in [0.1, 0.15) is 21.5 Å². The lowest BCUT2D eigenvalue weighted by Gasteiger charge is -2.37. The van der Waals surface area contributed by atoms with Gasteiger partial charge in [0.15, 0.2) is 0 Å². The highest BCUT2D eigenvalue weighted by Crippen LogP contribution is 2.26. The van der Waals surface area contributed by atoms with Crippen molar-refractivity contribution in [1.29, 1.82) is 5.26 Å². The number of benzene rings is 2. The Morgan fingerprint density at radius 1 is 1.00 bits per heavy atom. The maximum atomic E-state index is 14.0. The van der Waals surface area contributed by atoms with E-state index in [-0.39, 0.29) is 16.9 Å². The summed E-state index contributed by atoms with van der Waals surface area (Å²) < 4.78 is 19.4. The van der Waals surface area contributed by atoms with Crippen LogP contribution >= 0.6 is 0 Å². The number of hydrogen-bond donors (Lipinski definition) is 1. The molecule has 2 aliphatic rings. The fraction of sp³-hybridized carbons (Fsp3) is 0.417. The van der Waals surface area contributed by atoms with Crippen LogP contribution in [0, 0.1) is 24.1 Å². The van der Waals surface area contributed by atoms with Gasteiger partial charge in [-0.3, -0.25) is 4.79 Å². The summed E-state index contributed by atoms with van der Waals surface area (Å²) in [5, 5.41) is 15.9. The summed E-state index contributed by atoms with van der Waals surface area (Å²) in [5.74, 6) is -0.478. The lowest BCUT2D eigenvalue weighted by atomic mass is 10.1. The van der Waals surface area contributed by atoms with Crippen LogP contribution in [0.25, 0.3) is 0 Å². The molecule has 0 bridgehead atoms. The highest BCUT2D eigenvalue weighted by molar-refractivity contribution is 6.00. The number of aryl methyl sites for hydroxylation is 1. The number of halogens is 1. The molecule has 0 saturated carbocycles. The van der Waals surface area contributed by atoms with Crippen LogP contribution in [0.5, 0.6) is 0 Å². The molecule has 9 heteroatoms. The van der Waals surface area contributed by atoms with Crippen LogP contribution < -0.4 is 9.80 Å². The van der Waals surface area contributed by atoms with Crippen molar-refractivity contribution in [3.05, 3.63) is 58.9 Å². The second kappa shape index (κ2) is 12.2. The monoisotopic (exact) mass is 458 g/mol. The van der Waals surface area contributed by atoms with E-state index in [9.17, 15) is 9.18 Å². The number of piperazine rings is 1. The van der Waals surface area contributed by atoms with Crippen molar-refractivity contribution in [2.45, 2.75) is 6.92 Å². The zero-order valence-corrected chi connectivity index (χ0v) is 19.1. The van der Waals surface area contributed by atoms with Gasteiger partial charge >= 0.3 is 0 Å². The van der Waals surface area contributed by atoms with Gasteiger partial charge in [0.1, 0.15) is 11.9 Å². The topological polar surface area (TPSA) is 112 Å². The van der Waals surface area contributed by atoms with Gasteiger partial charge in [-0.25, -0.2) is 4.39 Å². The number of aliphatic hydroxyl groups excluding tert-OH is 1. The molecule has 2 aliphatic heterocycles. The smallest absolute Gasteiger partial charge is 0.256 e. The van der Waals surface area contributed by atoms with Gasteiger partial charge in [0.25, 0.3) is 5.91 Å². The van der Waals surface area contributed by atoms with E-state index in [0.717, 1.165) is 42.7 Å². The Balaban J connectivity index is 0.00000125. The SMILES string of the molecule is CO.Cc1ccc(N2CCOCC2)c(C(=O)N2CCN(c3ccc(C#N)c(F)c3)CC2)c1.O. The molecule has 2 saturated heterocycles. The van der Waals surface area contributed by atoms with Gasteiger partial charge in [-0.15, -0.1) is 0 Å². The van der Waals surface area contributed by atoms with E-state index in [0.29, 0.717) is 39.4 Å². The summed E-state index contributed by atoms with van der Waals surface area (Å²) in [6.45, 7) is 7.27. The molecule has 0 aromatic heterocycles. The maximum absolute atomic E-state index is 14.0. The molecule has 2 heterocycles. The van der Waals surface area contributed by atoms with Crippen molar-refractivity contribution in [3.8, 4) is 6.07 Å². The van der Waals surface area contributed by atoms with Gasteiger partial charge in [0, 0.05) is 57.8 Å². The van der Waals surface area contributed by atoms with Crippen molar-refractivity contribution in [1.82, 2.24) is 4.90 Å². The Labute approximate surface area is 193 Å². The van der Waals surface area contributed by atoms with Gasteiger partial charge in [0.2, 0.25) is 0 Å². The number of ether oxygens (including phenoxy) is 1. The Morgan fingerprint density at radius 3 is 2.27 bits per heavy atom. The molecule has 3 N–H and O–H groups in total. The molecule has 2 fully saturated rings. The second-order valence-corrected chi connectivity index (χ2v) is 7.68. The maximum Gasteiger partial charge on any atom is 0.256 e. The number of anilines is 2. The summed E-state index contributed by atoms with van der Waals surface area (Å²) >= 11 is 0. The molecule has 8 nitrogen and oxygen atoms in total. The summed E-state index contributed by atoms with van der Waals surface area (Å²) in [5.41, 5.74) is 3.54. The predicted octanol–water partition coefficient (Wildman–Crippen LogP) is 1.59. The van der Waals surface area contributed by atoms with Crippen molar-refractivity contribution in [2.24, 2.45) is 0 Å². The number of morpholine rings is 1. The van der Waals surface area contributed by atoms with Gasteiger partial charge in [-0.1, -0.05) is 11.6 Å². The van der Waals surface area contributed by atoms with E-state index in [1.54, 1.807) is 6.07 Å². The molecule has 0 aliphatic carbocycles. The molecule has 0 spiro atoms. The second-order valence-electron chi connectivity index (χ2n) is 7.68. The van der Waals surface area contributed by atoms with Gasteiger partial charge < -0.3 is 30.0 Å². The van der Waals surface area contributed by atoms with Gasteiger partial charge in [-0.05, 0) is 37.3 Å². The van der Waals surface area contributed by atoms with Crippen LogP contribution in [0.4, 0.5) is 15.8 Å². The van der Waals surface area contributed by atoms with Crippen molar-refractivity contribution in [3.63, 3.8) is 0 Å². The highest BCUT2D eigenvalue weighted by Gasteiger charge is 2.26. The number of amides is 1. The van der Waals surface area contributed by atoms with E-state index in [1.807, 2.05) is 41.0 Å². The fourth-order valence-corrected chi connectivity index (χ4v) is 4.03. The number of hydrogen-bond acceptors (Lipinski definition) is 6. The molecule has 2 aromatic carbocycles. The molecule has 0 unspecified atom stereocenters. The van der Waals surface area contributed by atoms with E-state index in [2.05, 4.69) is 4.90 Å². The quantitative estimate of drug-likeness (QED) is 0.748. The van der Waals surface area contributed by atoms with E-state index >= 15 is 0 Å². The fourth-order valence-electron chi connectivity index (χ4n) is 4.03. The summed E-state index contributed by atoms with van der Waals surface area (Å²) in [6, 6.07) is 12.5. The lowest BCUT2D eigenvalue weighted by molar-refractivity contribution is 0.0746. The minimum absolute atomic E-state index is 0. The molecule has 0 atom stereocenters. The number of carbonyl (C=O) groups excluding carboxylic acids is 1. The minimum atomic E-state index is -0.511. The van der Waals surface area contributed by atoms with Crippen molar-refractivity contribution >= 4 is 17.3 Å². The van der Waals surface area contributed by atoms with Gasteiger partial charge in [-0.2, -0.15) is 5.26 Å². The molecule has 4 rings (SSSR count). The highest BCUT2D eigenvalue weighted by atomic mass is 19.1. The first kappa shape index (κ1) is 26.1. The lowest BCUT2D eigenvalue weighted by Crippen LogP contribution is -2.49. The van der Waals surface area contributed by atoms with E-state index < -0.39 is 5.82 Å². The molecular weight excluding hydrogens is 427 g/mol. The first-order valence-corrected chi connectivity index (χ1v) is 10.7. The zero-order chi connectivity index (χ0) is 23.1. The third kappa shape index (κ3) is 5.99. The molecule has 33 heavy (non-hydrogen) atoms. The number of aliphatic hydroxyl groups is 1. The third-order valence-corrected chi connectivity index (χ3v) is 5.74. The predicted molar refractivity (Wildman–Crippen MR) is 125 cm³/mol.